The summed E-state index contributed by atoms with van der Waals surface area (Å²) in [7, 11) is 3.22. The number of amides is 4. The summed E-state index contributed by atoms with van der Waals surface area (Å²) in [5, 5.41) is 7.15. The summed E-state index contributed by atoms with van der Waals surface area (Å²) in [4.78, 5) is 37.0. The van der Waals surface area contributed by atoms with E-state index in [9.17, 15) is 23.2 Å². The van der Waals surface area contributed by atoms with E-state index >= 15 is 0 Å². The van der Waals surface area contributed by atoms with E-state index in [1.54, 1.807) is 32.3 Å². The largest absolute Gasteiger partial charge is 0.345 e. The molecular formula is C18H18F2N4O3. The van der Waals surface area contributed by atoms with Crippen molar-refractivity contribution in [1.82, 2.24) is 10.2 Å². The van der Waals surface area contributed by atoms with Gasteiger partial charge in [0.25, 0.3) is 5.91 Å². The number of rotatable bonds is 5. The third kappa shape index (κ3) is 5.77. The average molecular weight is 376 g/mol. The molecule has 7 nitrogen and oxygen atoms in total. The zero-order valence-electron chi connectivity index (χ0n) is 14.7. The molecule has 0 aromatic heterocycles. The Kier molecular flexibility index (Phi) is 6.42. The molecule has 2 aromatic rings. The molecule has 0 aliphatic heterocycles. The zero-order valence-corrected chi connectivity index (χ0v) is 14.7. The van der Waals surface area contributed by atoms with Crippen molar-refractivity contribution in [3.63, 3.8) is 0 Å². The first-order valence-corrected chi connectivity index (χ1v) is 7.87. The first-order chi connectivity index (χ1) is 12.8. The van der Waals surface area contributed by atoms with E-state index in [0.717, 1.165) is 12.1 Å². The van der Waals surface area contributed by atoms with Gasteiger partial charge >= 0.3 is 6.03 Å². The lowest BCUT2D eigenvalue weighted by Crippen LogP contribution is -2.35. The van der Waals surface area contributed by atoms with E-state index in [1.807, 2.05) is 0 Å². The van der Waals surface area contributed by atoms with Crippen molar-refractivity contribution in [2.75, 3.05) is 31.3 Å². The zero-order chi connectivity index (χ0) is 20.0. The maximum atomic E-state index is 13.1. The fraction of sp³-hybridized carbons (Fsp3) is 0.167. The van der Waals surface area contributed by atoms with Gasteiger partial charge in [-0.2, -0.15) is 0 Å². The van der Waals surface area contributed by atoms with Crippen LogP contribution in [0.5, 0.6) is 0 Å². The van der Waals surface area contributed by atoms with Crippen molar-refractivity contribution in [1.29, 1.82) is 0 Å². The third-order valence-electron chi connectivity index (χ3n) is 3.39. The topological polar surface area (TPSA) is 90.5 Å². The fourth-order valence-electron chi connectivity index (χ4n) is 2.10. The van der Waals surface area contributed by atoms with E-state index in [0.29, 0.717) is 11.3 Å². The summed E-state index contributed by atoms with van der Waals surface area (Å²) in [5.74, 6) is -2.95. The molecule has 0 bridgehead atoms. The molecule has 27 heavy (non-hydrogen) atoms. The Balaban J connectivity index is 1.87. The van der Waals surface area contributed by atoms with E-state index in [1.165, 1.54) is 17.0 Å². The van der Waals surface area contributed by atoms with Gasteiger partial charge in [0.2, 0.25) is 5.91 Å². The van der Waals surface area contributed by atoms with Gasteiger partial charge in [-0.15, -0.1) is 0 Å². The third-order valence-corrected chi connectivity index (χ3v) is 3.39. The highest BCUT2D eigenvalue weighted by Crippen LogP contribution is 2.13. The van der Waals surface area contributed by atoms with Crippen molar-refractivity contribution in [2.45, 2.75) is 0 Å². The van der Waals surface area contributed by atoms with E-state index in [4.69, 9.17) is 0 Å². The number of halogens is 2. The van der Waals surface area contributed by atoms with Gasteiger partial charge in [0, 0.05) is 37.1 Å². The normalized spacial score (nSPS) is 10.1. The van der Waals surface area contributed by atoms with Crippen LogP contribution in [0.15, 0.2) is 42.5 Å². The number of carbonyl (C=O) groups is 3. The first-order valence-electron chi connectivity index (χ1n) is 7.87. The summed E-state index contributed by atoms with van der Waals surface area (Å²) in [6, 6.07) is 8.57. The van der Waals surface area contributed by atoms with Crippen LogP contribution in [-0.2, 0) is 4.79 Å². The molecule has 0 saturated heterocycles. The number of benzene rings is 2. The molecule has 0 aliphatic carbocycles. The molecule has 2 aromatic carbocycles. The van der Waals surface area contributed by atoms with Gasteiger partial charge in [-0.3, -0.25) is 9.59 Å². The molecule has 3 N–H and O–H groups in total. The summed E-state index contributed by atoms with van der Waals surface area (Å²) >= 11 is 0. The van der Waals surface area contributed by atoms with Gasteiger partial charge in [0.05, 0.1) is 6.54 Å². The van der Waals surface area contributed by atoms with Gasteiger partial charge in [-0.1, -0.05) is 6.07 Å². The number of anilines is 2. The molecular weight excluding hydrogens is 358 g/mol. The van der Waals surface area contributed by atoms with Gasteiger partial charge in [-0.05, 0) is 30.3 Å². The van der Waals surface area contributed by atoms with Crippen LogP contribution in [0.25, 0.3) is 0 Å². The maximum absolute atomic E-state index is 13.1. The fourth-order valence-corrected chi connectivity index (χ4v) is 2.10. The van der Waals surface area contributed by atoms with Crippen molar-refractivity contribution in [3.8, 4) is 0 Å². The molecule has 0 heterocycles. The number of hydrogen-bond acceptors (Lipinski definition) is 3. The van der Waals surface area contributed by atoms with E-state index in [2.05, 4.69) is 16.0 Å². The van der Waals surface area contributed by atoms with Crippen molar-refractivity contribution < 1.29 is 23.2 Å². The number of nitrogens with zero attached hydrogens (tertiary/aromatic N) is 1. The van der Waals surface area contributed by atoms with Gasteiger partial charge in [0.1, 0.15) is 0 Å². The molecule has 0 unspecified atom stereocenters. The van der Waals surface area contributed by atoms with Gasteiger partial charge < -0.3 is 20.9 Å². The first kappa shape index (κ1) is 19.8. The lowest BCUT2D eigenvalue weighted by molar-refractivity contribution is -0.115. The molecule has 0 radical (unpaired) electrons. The molecule has 0 spiro atoms. The van der Waals surface area contributed by atoms with Crippen LogP contribution < -0.4 is 16.0 Å². The second kappa shape index (κ2) is 8.75. The van der Waals surface area contributed by atoms with Crippen LogP contribution in [0, 0.1) is 11.6 Å². The highest BCUT2D eigenvalue weighted by molar-refractivity contribution is 5.98. The van der Waals surface area contributed by atoms with Crippen LogP contribution in [-0.4, -0.2) is 43.4 Å². The maximum Gasteiger partial charge on any atom is 0.319 e. The Morgan fingerprint density at radius 2 is 1.63 bits per heavy atom. The predicted octanol–water partition coefficient (Wildman–Crippen LogP) is 2.43. The Bertz CT molecular complexity index is 871. The molecule has 2 rings (SSSR count). The molecule has 0 atom stereocenters. The highest BCUT2D eigenvalue weighted by atomic mass is 19.2. The standard InChI is InChI=1S/C18H18F2N4O3/c1-24(2)17(26)11-4-3-5-12(8-11)23-18(27)21-10-16(25)22-13-6-7-14(19)15(20)9-13/h3-9H,10H2,1-2H3,(H,22,25)(H2,21,23,27). The summed E-state index contributed by atoms with van der Waals surface area (Å²) in [6.07, 6.45) is 0. The Labute approximate surface area is 154 Å². The van der Waals surface area contributed by atoms with Crippen molar-refractivity contribution >= 4 is 29.2 Å². The second-order valence-electron chi connectivity index (χ2n) is 5.77. The van der Waals surface area contributed by atoms with Gasteiger partial charge in [-0.25, -0.2) is 13.6 Å². The molecule has 0 saturated carbocycles. The monoisotopic (exact) mass is 376 g/mol. The Morgan fingerprint density at radius 1 is 0.926 bits per heavy atom. The number of urea groups is 1. The van der Waals surface area contributed by atoms with E-state index < -0.39 is 23.6 Å². The lowest BCUT2D eigenvalue weighted by atomic mass is 10.2. The summed E-state index contributed by atoms with van der Waals surface area (Å²) in [6.45, 7) is -0.388. The number of hydrogen-bond donors (Lipinski definition) is 3. The second-order valence-corrected chi connectivity index (χ2v) is 5.77. The smallest absolute Gasteiger partial charge is 0.319 e. The highest BCUT2D eigenvalue weighted by Gasteiger charge is 2.11. The predicted molar refractivity (Wildman–Crippen MR) is 96.5 cm³/mol. The molecule has 0 fully saturated rings. The van der Waals surface area contributed by atoms with Crippen LogP contribution in [0.2, 0.25) is 0 Å². The summed E-state index contributed by atoms with van der Waals surface area (Å²) in [5.41, 5.74) is 0.839. The minimum Gasteiger partial charge on any atom is -0.345 e. The van der Waals surface area contributed by atoms with Crippen LogP contribution >= 0.6 is 0 Å². The number of carbonyl (C=O) groups excluding carboxylic acids is 3. The summed E-state index contributed by atoms with van der Waals surface area (Å²) < 4.78 is 25.9. The number of nitrogens with one attached hydrogen (secondary N) is 3. The van der Waals surface area contributed by atoms with Crippen LogP contribution in [0.1, 0.15) is 10.4 Å². The van der Waals surface area contributed by atoms with Crippen LogP contribution in [0.3, 0.4) is 0 Å². The van der Waals surface area contributed by atoms with Crippen molar-refractivity contribution in [2.24, 2.45) is 0 Å². The van der Waals surface area contributed by atoms with Crippen molar-refractivity contribution in [3.05, 3.63) is 59.7 Å². The quantitative estimate of drug-likeness (QED) is 0.749. The molecule has 142 valence electrons. The van der Waals surface area contributed by atoms with Crippen LogP contribution in [0.4, 0.5) is 25.0 Å². The lowest BCUT2D eigenvalue weighted by Gasteiger charge is -2.12. The minimum atomic E-state index is -1.09. The Hall–Kier alpha value is -3.49. The molecule has 4 amide bonds. The average Bonchev–Trinajstić information content (AvgIpc) is 2.62. The van der Waals surface area contributed by atoms with Gasteiger partial charge in [0.15, 0.2) is 11.6 Å². The molecule has 0 aliphatic rings. The minimum absolute atomic E-state index is 0.0657. The molecule has 9 heteroatoms. The Morgan fingerprint density at radius 3 is 2.30 bits per heavy atom. The SMILES string of the molecule is CN(C)C(=O)c1cccc(NC(=O)NCC(=O)Nc2ccc(F)c(F)c2)c1. The van der Waals surface area contributed by atoms with E-state index in [-0.39, 0.29) is 18.1 Å².